The highest BCUT2D eigenvalue weighted by atomic mass is 32.1. The van der Waals surface area contributed by atoms with Gasteiger partial charge in [-0.05, 0) is 24.5 Å². The number of ether oxygens (including phenoxy) is 1. The predicted molar refractivity (Wildman–Crippen MR) is 116 cm³/mol. The average Bonchev–Trinajstić information content (AvgIpc) is 3.02. The summed E-state index contributed by atoms with van der Waals surface area (Å²) in [6, 6.07) is 12.9. The van der Waals surface area contributed by atoms with Crippen molar-refractivity contribution in [3.05, 3.63) is 41.3 Å². The Kier molecular flexibility index (Phi) is 6.33. The Bertz CT molecular complexity index is 775. The highest BCUT2D eigenvalue weighted by molar-refractivity contribution is 7.18. The van der Waals surface area contributed by atoms with Gasteiger partial charge in [0.25, 0.3) is 5.91 Å². The largest absolute Gasteiger partial charge is 0.378 e. The first-order valence-corrected chi connectivity index (χ1v) is 11.3. The first-order valence-electron chi connectivity index (χ1n) is 10.5. The van der Waals surface area contributed by atoms with Gasteiger partial charge in [-0.1, -0.05) is 56.0 Å². The number of anilines is 1. The minimum atomic E-state index is 0.175. The second kappa shape index (κ2) is 9.10. The lowest BCUT2D eigenvalue weighted by molar-refractivity contribution is 0.0722. The van der Waals surface area contributed by atoms with Gasteiger partial charge in [-0.3, -0.25) is 4.79 Å². The van der Waals surface area contributed by atoms with Gasteiger partial charge in [0.05, 0.1) is 23.1 Å². The average molecular weight is 399 g/mol. The zero-order valence-corrected chi connectivity index (χ0v) is 17.5. The Balaban J connectivity index is 1.63. The summed E-state index contributed by atoms with van der Waals surface area (Å²) < 4.78 is 5.54. The van der Waals surface area contributed by atoms with Crippen LogP contribution in [0.25, 0.3) is 11.1 Å². The molecule has 4 rings (SSSR count). The van der Waals surface area contributed by atoms with E-state index < -0.39 is 0 Å². The van der Waals surface area contributed by atoms with Crippen molar-refractivity contribution in [3.8, 4) is 11.1 Å². The number of morpholine rings is 1. The SMILES string of the molecule is CN(C(=O)c1cc(-c2ccccc2)c(N2CCOCC2)s1)C1CCCCCC1. The summed E-state index contributed by atoms with van der Waals surface area (Å²) in [4.78, 5) is 18.6. The van der Waals surface area contributed by atoms with Crippen molar-refractivity contribution in [1.29, 1.82) is 0 Å². The van der Waals surface area contributed by atoms with Crippen LogP contribution in [0.1, 0.15) is 48.2 Å². The summed E-state index contributed by atoms with van der Waals surface area (Å²) in [7, 11) is 1.99. The van der Waals surface area contributed by atoms with E-state index in [2.05, 4.69) is 35.2 Å². The van der Waals surface area contributed by atoms with E-state index in [9.17, 15) is 4.79 Å². The van der Waals surface area contributed by atoms with Crippen LogP contribution in [0.5, 0.6) is 0 Å². The Morgan fingerprint density at radius 1 is 1.07 bits per heavy atom. The fraction of sp³-hybridized carbons (Fsp3) is 0.522. The normalized spacial score (nSPS) is 18.7. The lowest BCUT2D eigenvalue weighted by Gasteiger charge is -2.28. The molecule has 28 heavy (non-hydrogen) atoms. The maximum atomic E-state index is 13.3. The second-order valence-corrected chi connectivity index (χ2v) is 8.89. The molecule has 0 atom stereocenters. The van der Waals surface area contributed by atoms with Crippen LogP contribution in [-0.2, 0) is 4.74 Å². The van der Waals surface area contributed by atoms with Gasteiger partial charge in [0.2, 0.25) is 0 Å². The Morgan fingerprint density at radius 2 is 1.75 bits per heavy atom. The molecule has 5 heteroatoms. The third-order valence-corrected chi connectivity index (χ3v) is 7.18. The maximum absolute atomic E-state index is 13.3. The smallest absolute Gasteiger partial charge is 0.264 e. The number of thiophene rings is 1. The van der Waals surface area contributed by atoms with E-state index >= 15 is 0 Å². The molecule has 0 unspecified atom stereocenters. The molecule has 1 aromatic carbocycles. The van der Waals surface area contributed by atoms with E-state index in [1.807, 2.05) is 18.0 Å². The van der Waals surface area contributed by atoms with Gasteiger partial charge in [-0.2, -0.15) is 0 Å². The molecular weight excluding hydrogens is 368 g/mol. The van der Waals surface area contributed by atoms with E-state index in [-0.39, 0.29) is 5.91 Å². The molecule has 0 radical (unpaired) electrons. The van der Waals surface area contributed by atoms with Crippen LogP contribution >= 0.6 is 11.3 Å². The first kappa shape index (κ1) is 19.5. The molecule has 2 aromatic rings. The van der Waals surface area contributed by atoms with Crippen molar-refractivity contribution in [2.75, 3.05) is 38.3 Å². The number of carbonyl (C=O) groups excluding carboxylic acids is 1. The molecule has 0 N–H and O–H groups in total. The molecule has 1 saturated carbocycles. The van der Waals surface area contributed by atoms with Crippen molar-refractivity contribution in [3.63, 3.8) is 0 Å². The molecule has 0 spiro atoms. The molecule has 150 valence electrons. The molecule has 1 aliphatic carbocycles. The lowest BCUT2D eigenvalue weighted by atomic mass is 10.1. The zero-order chi connectivity index (χ0) is 19.3. The van der Waals surface area contributed by atoms with Crippen molar-refractivity contribution < 1.29 is 9.53 Å². The molecule has 1 aliphatic heterocycles. The third-order valence-electron chi connectivity index (χ3n) is 6.00. The highest BCUT2D eigenvalue weighted by Gasteiger charge is 2.26. The van der Waals surface area contributed by atoms with Crippen molar-refractivity contribution in [2.24, 2.45) is 0 Å². The van der Waals surface area contributed by atoms with E-state index in [1.165, 1.54) is 41.8 Å². The van der Waals surface area contributed by atoms with Crippen molar-refractivity contribution >= 4 is 22.2 Å². The molecule has 2 fully saturated rings. The van der Waals surface area contributed by atoms with Gasteiger partial charge < -0.3 is 14.5 Å². The van der Waals surface area contributed by atoms with Gasteiger partial charge >= 0.3 is 0 Å². The Morgan fingerprint density at radius 3 is 2.43 bits per heavy atom. The monoisotopic (exact) mass is 398 g/mol. The fourth-order valence-corrected chi connectivity index (χ4v) is 5.51. The van der Waals surface area contributed by atoms with Gasteiger partial charge in [0.1, 0.15) is 0 Å². The summed E-state index contributed by atoms with van der Waals surface area (Å²) in [5.41, 5.74) is 2.35. The highest BCUT2D eigenvalue weighted by Crippen LogP contribution is 2.40. The molecule has 0 bridgehead atoms. The lowest BCUT2D eigenvalue weighted by Crippen LogP contribution is -2.36. The minimum Gasteiger partial charge on any atom is -0.378 e. The van der Waals surface area contributed by atoms with Gasteiger partial charge in [-0.15, -0.1) is 11.3 Å². The number of nitrogens with zero attached hydrogens (tertiary/aromatic N) is 2. The summed E-state index contributed by atoms with van der Waals surface area (Å²) in [5.74, 6) is 0.175. The Hall–Kier alpha value is -1.85. The first-order chi connectivity index (χ1) is 13.7. The summed E-state index contributed by atoms with van der Waals surface area (Å²) in [6.07, 6.45) is 7.35. The minimum absolute atomic E-state index is 0.175. The molecule has 4 nitrogen and oxygen atoms in total. The topological polar surface area (TPSA) is 32.8 Å². The van der Waals surface area contributed by atoms with Crippen molar-refractivity contribution in [2.45, 2.75) is 44.6 Å². The molecular formula is C23H30N2O2S. The summed E-state index contributed by atoms with van der Waals surface area (Å²) >= 11 is 1.65. The number of rotatable bonds is 4. The van der Waals surface area contributed by atoms with Gasteiger partial charge in [0.15, 0.2) is 0 Å². The Labute approximate surface area is 172 Å². The predicted octanol–water partition coefficient (Wildman–Crippen LogP) is 5.05. The van der Waals surface area contributed by atoms with Gasteiger partial charge in [-0.25, -0.2) is 0 Å². The second-order valence-electron chi connectivity index (χ2n) is 7.86. The molecule has 2 aliphatic rings. The van der Waals surface area contributed by atoms with Crippen LogP contribution in [0.15, 0.2) is 36.4 Å². The number of hydrogen-bond donors (Lipinski definition) is 0. The van der Waals surface area contributed by atoms with E-state index in [0.29, 0.717) is 6.04 Å². The number of hydrogen-bond acceptors (Lipinski definition) is 4. The molecule has 1 aromatic heterocycles. The number of carbonyl (C=O) groups is 1. The van der Waals surface area contributed by atoms with E-state index in [0.717, 1.165) is 44.0 Å². The van der Waals surface area contributed by atoms with Crippen LogP contribution in [0.3, 0.4) is 0 Å². The van der Waals surface area contributed by atoms with Crippen molar-refractivity contribution in [1.82, 2.24) is 4.90 Å². The zero-order valence-electron chi connectivity index (χ0n) is 16.7. The van der Waals surface area contributed by atoms with Crippen LogP contribution < -0.4 is 4.90 Å². The summed E-state index contributed by atoms with van der Waals surface area (Å²) in [6.45, 7) is 3.26. The third kappa shape index (κ3) is 4.26. The van der Waals surface area contributed by atoms with Gasteiger partial charge in [0, 0.05) is 31.7 Å². The molecule has 2 heterocycles. The van der Waals surface area contributed by atoms with Crippen LogP contribution in [0.4, 0.5) is 5.00 Å². The van der Waals surface area contributed by atoms with Crippen LogP contribution in [0, 0.1) is 0 Å². The number of benzene rings is 1. The van der Waals surface area contributed by atoms with E-state index in [1.54, 1.807) is 11.3 Å². The fourth-order valence-electron chi connectivity index (χ4n) is 4.30. The van der Waals surface area contributed by atoms with E-state index in [4.69, 9.17) is 4.74 Å². The standard InChI is InChI=1S/C23H30N2O2S/c1-24(19-11-7-2-3-8-12-19)22(26)21-17-20(18-9-5-4-6-10-18)23(28-21)25-13-15-27-16-14-25/h4-6,9-10,17,19H,2-3,7-8,11-16H2,1H3. The molecule has 1 amide bonds. The van der Waals surface area contributed by atoms with Crippen LogP contribution in [0.2, 0.25) is 0 Å². The summed E-state index contributed by atoms with van der Waals surface area (Å²) in [5, 5.41) is 1.20. The van der Waals surface area contributed by atoms with Crippen LogP contribution in [-0.4, -0.2) is 50.2 Å². The maximum Gasteiger partial charge on any atom is 0.264 e. The number of amides is 1. The molecule has 1 saturated heterocycles. The quantitative estimate of drug-likeness (QED) is 0.676.